The van der Waals surface area contributed by atoms with E-state index in [4.69, 9.17) is 9.47 Å². The van der Waals surface area contributed by atoms with Crippen molar-refractivity contribution in [2.45, 2.75) is 86.6 Å². The Bertz CT molecular complexity index is 953. The molecule has 1 aliphatic rings. The number of carbonyl (C=O) groups excluding carboxylic acids is 1. The molecule has 0 radical (unpaired) electrons. The van der Waals surface area contributed by atoms with E-state index >= 15 is 0 Å². The van der Waals surface area contributed by atoms with Gasteiger partial charge in [-0.2, -0.15) is 0 Å². The fourth-order valence-electron chi connectivity index (χ4n) is 3.93. The Morgan fingerprint density at radius 3 is 2.24 bits per heavy atom. The summed E-state index contributed by atoms with van der Waals surface area (Å²) >= 11 is 0. The molecule has 2 atom stereocenters. The third-order valence-corrected chi connectivity index (χ3v) is 6.35. The second-order valence-corrected chi connectivity index (χ2v) is 10.4. The van der Waals surface area contributed by atoms with Crippen molar-refractivity contribution in [1.82, 2.24) is 9.80 Å². The van der Waals surface area contributed by atoms with Gasteiger partial charge in [-0.15, -0.1) is 9.24 Å². The molecule has 0 saturated carbocycles. The molecule has 41 heavy (non-hydrogen) atoms. The average molecular weight is 593 g/mol. The molecule has 2 rings (SSSR count). The Morgan fingerprint density at radius 2 is 1.76 bits per heavy atom. The number of ether oxygens (including phenoxy) is 2. The van der Waals surface area contributed by atoms with E-state index in [9.17, 15) is 9.18 Å². The van der Waals surface area contributed by atoms with E-state index in [1.165, 1.54) is 76.5 Å². The van der Waals surface area contributed by atoms with Gasteiger partial charge in [-0.3, -0.25) is 4.79 Å². The normalized spacial score (nSPS) is 14.0. The number of amides is 1. The SMILES string of the molecule is C=C(OC)/C(=C\C=C\C(=O)N(C)C/C(C)=C/c1ccc(P)cc1F)OC.CC.CCC.CCCC(C)N1CCCC1. The summed E-state index contributed by atoms with van der Waals surface area (Å²) in [5, 5.41) is 0.786. The summed E-state index contributed by atoms with van der Waals surface area (Å²) < 4.78 is 24.0. The minimum Gasteiger partial charge on any atom is -0.494 e. The maximum Gasteiger partial charge on any atom is 0.246 e. The highest BCUT2D eigenvalue weighted by Crippen LogP contribution is 2.15. The number of hydrogen-bond donors (Lipinski definition) is 0. The zero-order valence-electron chi connectivity index (χ0n) is 27.6. The molecule has 0 spiro atoms. The molecule has 1 saturated heterocycles. The maximum atomic E-state index is 13.9. The molecule has 234 valence electrons. The second kappa shape index (κ2) is 25.3. The molecule has 1 aromatic carbocycles. The van der Waals surface area contributed by atoms with E-state index in [1.54, 1.807) is 31.3 Å². The molecule has 1 aliphatic heterocycles. The quantitative estimate of drug-likeness (QED) is 0.113. The van der Waals surface area contributed by atoms with Crippen molar-refractivity contribution in [3.8, 4) is 0 Å². The van der Waals surface area contributed by atoms with Crippen molar-refractivity contribution >= 4 is 26.5 Å². The third kappa shape index (κ3) is 18.6. The van der Waals surface area contributed by atoms with Crippen molar-refractivity contribution in [2.24, 2.45) is 0 Å². The fraction of sp³-hybridized carbons (Fsp3) is 0.559. The van der Waals surface area contributed by atoms with Gasteiger partial charge < -0.3 is 19.3 Å². The second-order valence-electron chi connectivity index (χ2n) is 9.78. The highest BCUT2D eigenvalue weighted by Gasteiger charge is 2.16. The lowest BCUT2D eigenvalue weighted by molar-refractivity contribution is -0.124. The smallest absolute Gasteiger partial charge is 0.246 e. The van der Waals surface area contributed by atoms with Crippen LogP contribution in [0.5, 0.6) is 0 Å². The minimum atomic E-state index is -0.290. The number of nitrogens with zero attached hydrogens (tertiary/aromatic N) is 2. The first-order valence-electron chi connectivity index (χ1n) is 14.9. The molecular weight excluding hydrogens is 534 g/mol. The van der Waals surface area contributed by atoms with Crippen LogP contribution in [0.4, 0.5) is 4.39 Å². The summed E-state index contributed by atoms with van der Waals surface area (Å²) in [5.41, 5.74) is 1.36. The van der Waals surface area contributed by atoms with Gasteiger partial charge in [-0.25, -0.2) is 4.39 Å². The Labute approximate surface area is 253 Å². The molecule has 7 heteroatoms. The van der Waals surface area contributed by atoms with Gasteiger partial charge in [0.25, 0.3) is 0 Å². The first kappa shape index (κ1) is 40.7. The summed E-state index contributed by atoms with van der Waals surface area (Å²) in [5.74, 6) is 0.327. The van der Waals surface area contributed by atoms with Crippen molar-refractivity contribution in [2.75, 3.05) is 40.9 Å². The lowest BCUT2D eigenvalue weighted by Crippen LogP contribution is -2.29. The number of carbonyl (C=O) groups is 1. The molecule has 1 heterocycles. The Hall–Kier alpha value is -2.43. The molecule has 0 aliphatic carbocycles. The van der Waals surface area contributed by atoms with Gasteiger partial charge in [0.15, 0.2) is 11.5 Å². The summed E-state index contributed by atoms with van der Waals surface area (Å²) in [7, 11) is 7.12. The Kier molecular flexibility index (Phi) is 25.1. The van der Waals surface area contributed by atoms with Crippen LogP contribution in [-0.2, 0) is 14.3 Å². The number of rotatable bonds is 11. The predicted octanol–water partition coefficient (Wildman–Crippen LogP) is 8.15. The van der Waals surface area contributed by atoms with Gasteiger partial charge in [0.1, 0.15) is 5.82 Å². The van der Waals surface area contributed by atoms with E-state index in [2.05, 4.69) is 48.4 Å². The van der Waals surface area contributed by atoms with Gasteiger partial charge in [0.05, 0.1) is 14.2 Å². The maximum absolute atomic E-state index is 13.9. The van der Waals surface area contributed by atoms with Gasteiger partial charge in [-0.05, 0) is 63.6 Å². The van der Waals surface area contributed by atoms with Crippen molar-refractivity contribution in [3.63, 3.8) is 0 Å². The Balaban J connectivity index is 0. The van der Waals surface area contributed by atoms with Crippen LogP contribution in [0.25, 0.3) is 6.08 Å². The van der Waals surface area contributed by atoms with Crippen LogP contribution >= 0.6 is 9.24 Å². The number of methoxy groups -OCH3 is 2. The van der Waals surface area contributed by atoms with E-state index in [1.807, 2.05) is 26.8 Å². The van der Waals surface area contributed by atoms with Crippen LogP contribution in [0.1, 0.15) is 86.1 Å². The van der Waals surface area contributed by atoms with E-state index < -0.39 is 0 Å². The first-order valence-corrected chi connectivity index (χ1v) is 15.5. The average Bonchev–Trinajstić information content (AvgIpc) is 3.50. The van der Waals surface area contributed by atoms with Crippen molar-refractivity contribution in [3.05, 3.63) is 71.5 Å². The molecule has 5 nitrogen and oxygen atoms in total. The summed E-state index contributed by atoms with van der Waals surface area (Å²) in [6, 6.07) is 5.82. The molecular formula is C34H58FN2O3P. The zero-order chi connectivity index (χ0) is 31.8. The fourth-order valence-corrected chi connectivity index (χ4v) is 4.17. The van der Waals surface area contributed by atoms with Gasteiger partial charge in [0, 0.05) is 31.3 Å². The van der Waals surface area contributed by atoms with Crippen LogP contribution < -0.4 is 5.30 Å². The highest BCUT2D eigenvalue weighted by atomic mass is 31.0. The number of likely N-dealkylation sites (N-methyl/N-ethyl adjacent to an activating group) is 1. The van der Waals surface area contributed by atoms with Crippen LogP contribution in [0.2, 0.25) is 0 Å². The first-order chi connectivity index (χ1) is 19.5. The Morgan fingerprint density at radius 1 is 1.17 bits per heavy atom. The monoisotopic (exact) mass is 592 g/mol. The lowest BCUT2D eigenvalue weighted by atomic mass is 10.1. The van der Waals surface area contributed by atoms with Crippen LogP contribution in [0, 0.1) is 5.82 Å². The minimum absolute atomic E-state index is 0.187. The lowest BCUT2D eigenvalue weighted by Gasteiger charge is -2.22. The summed E-state index contributed by atoms with van der Waals surface area (Å²) in [6.45, 7) is 21.5. The van der Waals surface area contributed by atoms with Gasteiger partial charge in [-0.1, -0.05) is 83.9 Å². The van der Waals surface area contributed by atoms with Crippen LogP contribution in [0.3, 0.4) is 0 Å². The van der Waals surface area contributed by atoms with Crippen molar-refractivity contribution < 1.29 is 18.7 Å². The number of likely N-dealkylation sites (tertiary alicyclic amines) is 1. The molecule has 1 aromatic rings. The molecule has 0 N–H and O–H groups in total. The van der Waals surface area contributed by atoms with Crippen LogP contribution in [0.15, 0.2) is 60.1 Å². The third-order valence-electron chi connectivity index (χ3n) is 5.99. The topological polar surface area (TPSA) is 42.0 Å². The highest BCUT2D eigenvalue weighted by molar-refractivity contribution is 7.27. The number of halogens is 1. The summed E-state index contributed by atoms with van der Waals surface area (Å²) in [6.07, 6.45) is 13.1. The molecule has 1 fully saturated rings. The molecule has 0 aromatic heterocycles. The van der Waals surface area contributed by atoms with E-state index in [0.29, 0.717) is 23.6 Å². The summed E-state index contributed by atoms with van der Waals surface area (Å²) in [4.78, 5) is 16.3. The molecule has 2 unspecified atom stereocenters. The van der Waals surface area contributed by atoms with E-state index in [0.717, 1.165) is 16.9 Å². The van der Waals surface area contributed by atoms with Crippen LogP contribution in [-0.4, -0.2) is 62.7 Å². The number of hydrogen-bond acceptors (Lipinski definition) is 4. The van der Waals surface area contributed by atoms with Gasteiger partial charge in [0.2, 0.25) is 5.91 Å². The molecule has 1 amide bonds. The largest absolute Gasteiger partial charge is 0.494 e. The predicted molar refractivity (Wildman–Crippen MR) is 180 cm³/mol. The molecule has 0 bridgehead atoms. The number of allylic oxidation sites excluding steroid dienone is 2. The standard InChI is InChI=1S/C20H25FNO3P.C9H19N.C3H8.C2H6/c1-14(11-16-9-10-17(26)12-18(16)21)13-22(3)20(23)8-6-7-19(25-5)15(2)24-4;1-3-6-9(2)10-7-4-5-8-10;1-3-2;1-2/h6-12H,2,13,26H2,1,3-5H3;9H,3-8H2,1-2H3;3H2,1-2H3;1-2H3/b8-6+,14-11+,19-7+;;;. The number of benzene rings is 1. The van der Waals surface area contributed by atoms with Gasteiger partial charge >= 0.3 is 0 Å². The zero-order valence-corrected chi connectivity index (χ0v) is 28.7. The van der Waals surface area contributed by atoms with E-state index in [-0.39, 0.29) is 11.7 Å². The van der Waals surface area contributed by atoms with Crippen molar-refractivity contribution in [1.29, 1.82) is 0 Å².